The minimum Gasteiger partial charge on any atom is -0.465 e. The molecule has 0 aromatic rings. The molecule has 5 fully saturated rings. The molecule has 1 saturated heterocycles. The maximum absolute atomic E-state index is 14.4. The summed E-state index contributed by atoms with van der Waals surface area (Å²) >= 11 is 0. The van der Waals surface area contributed by atoms with E-state index in [-0.39, 0.29) is 33.2 Å². The highest BCUT2D eigenvalue weighted by molar-refractivity contribution is 8.24. The Balaban J connectivity index is 1.12. The van der Waals surface area contributed by atoms with Crippen LogP contribution in [0.15, 0.2) is 35.5 Å². The molecule has 0 aromatic carbocycles. The Morgan fingerprint density at radius 3 is 2.34 bits per heavy atom. The van der Waals surface area contributed by atoms with Crippen LogP contribution < -0.4 is 5.32 Å². The van der Waals surface area contributed by atoms with Crippen LogP contribution in [-0.4, -0.2) is 76.5 Å². The van der Waals surface area contributed by atoms with Crippen molar-refractivity contribution in [3.63, 3.8) is 0 Å². The summed E-state index contributed by atoms with van der Waals surface area (Å²) in [6, 6.07) is 0. The minimum atomic E-state index is -2.37. The molecule has 0 amide bonds. The largest absolute Gasteiger partial charge is 0.465 e. The number of fused-ring (bicyclic) bond motifs is 7. The zero-order chi connectivity index (χ0) is 38.2. The SMILES string of the molecule is C=C(C)[C@@H]1CC[C@]2(NCCN3CCS(O)(O)CC3)CC[C@]3(C)[C@H](CC[C@@H]4[C@@]5(C)CC=C(C6=CCC(CF)(C(=O)OCC)CC6)C(C)(C)[C@@H]5CC[C@]43C)[C@@H]12. The first-order valence-electron chi connectivity index (χ1n) is 21.4. The Kier molecular flexibility index (Phi) is 10.6. The Labute approximate surface area is 323 Å². The summed E-state index contributed by atoms with van der Waals surface area (Å²) in [5, 5.41) is 4.24. The molecule has 0 aromatic heterocycles. The highest BCUT2D eigenvalue weighted by Crippen LogP contribution is 2.76. The lowest BCUT2D eigenvalue weighted by Crippen LogP contribution is -2.68. The van der Waals surface area contributed by atoms with Crippen molar-refractivity contribution in [1.29, 1.82) is 0 Å². The Bertz CT molecular complexity index is 1500. The van der Waals surface area contributed by atoms with E-state index in [1.807, 2.05) is 0 Å². The molecule has 7 rings (SSSR count). The maximum Gasteiger partial charge on any atom is 0.315 e. The van der Waals surface area contributed by atoms with Crippen LogP contribution in [0.3, 0.4) is 0 Å². The molecule has 6 nitrogen and oxygen atoms in total. The molecule has 6 aliphatic carbocycles. The zero-order valence-electron chi connectivity index (χ0n) is 34.3. The molecule has 0 radical (unpaired) electrons. The summed E-state index contributed by atoms with van der Waals surface area (Å²) in [5.74, 6) is 3.80. The first kappa shape index (κ1) is 40.0. The summed E-state index contributed by atoms with van der Waals surface area (Å²) in [6.45, 7) is 25.0. The van der Waals surface area contributed by atoms with Crippen LogP contribution in [0.5, 0.6) is 0 Å². The molecular formula is C45H73FN2O4S. The topological polar surface area (TPSA) is 82.0 Å². The summed E-state index contributed by atoms with van der Waals surface area (Å²) in [6.07, 6.45) is 17.8. The molecule has 1 aliphatic heterocycles. The van der Waals surface area contributed by atoms with Crippen molar-refractivity contribution >= 4 is 16.6 Å². The number of hydrogen-bond acceptors (Lipinski definition) is 6. The first-order valence-corrected chi connectivity index (χ1v) is 23.3. The van der Waals surface area contributed by atoms with Gasteiger partial charge in [-0.3, -0.25) is 18.8 Å². The van der Waals surface area contributed by atoms with E-state index in [0.29, 0.717) is 60.5 Å². The van der Waals surface area contributed by atoms with E-state index in [1.54, 1.807) is 6.92 Å². The zero-order valence-corrected chi connectivity index (χ0v) is 35.2. The highest BCUT2D eigenvalue weighted by Gasteiger charge is 2.70. The van der Waals surface area contributed by atoms with Crippen LogP contribution in [0.4, 0.5) is 4.39 Å². The van der Waals surface area contributed by atoms with Gasteiger partial charge in [0.05, 0.1) is 23.5 Å². The van der Waals surface area contributed by atoms with Crippen LogP contribution >= 0.6 is 10.6 Å². The van der Waals surface area contributed by atoms with E-state index in [9.17, 15) is 18.3 Å². The molecule has 4 saturated carbocycles. The minimum absolute atomic E-state index is 0.0191. The quantitative estimate of drug-likeness (QED) is 0.161. The summed E-state index contributed by atoms with van der Waals surface area (Å²) in [4.78, 5) is 15.2. The van der Waals surface area contributed by atoms with Gasteiger partial charge in [0.25, 0.3) is 0 Å². The molecule has 10 atom stereocenters. The summed E-state index contributed by atoms with van der Waals surface area (Å²) < 4.78 is 40.0. The van der Waals surface area contributed by atoms with Crippen molar-refractivity contribution in [2.24, 2.45) is 56.7 Å². The molecule has 0 spiro atoms. The Morgan fingerprint density at radius 2 is 1.70 bits per heavy atom. The molecule has 8 heteroatoms. The molecule has 3 N–H and O–H groups in total. The van der Waals surface area contributed by atoms with Gasteiger partial charge in [-0.2, -0.15) is 10.6 Å². The predicted octanol–water partition coefficient (Wildman–Crippen LogP) is 10.2. The third-order valence-corrected chi connectivity index (χ3v) is 19.6. The van der Waals surface area contributed by atoms with Crippen molar-refractivity contribution in [2.75, 3.05) is 51.0 Å². The second-order valence-electron chi connectivity index (χ2n) is 20.4. The third kappa shape index (κ3) is 6.28. The number of nitrogens with zero attached hydrogens (tertiary/aromatic N) is 1. The Morgan fingerprint density at radius 1 is 0.962 bits per heavy atom. The number of rotatable bonds is 9. The highest BCUT2D eigenvalue weighted by atomic mass is 32.3. The number of esters is 1. The molecule has 0 bridgehead atoms. The lowest BCUT2D eigenvalue weighted by Gasteiger charge is -2.72. The van der Waals surface area contributed by atoms with Gasteiger partial charge in [-0.15, -0.1) is 0 Å². The lowest BCUT2D eigenvalue weighted by atomic mass is 9.33. The van der Waals surface area contributed by atoms with E-state index in [0.717, 1.165) is 39.0 Å². The van der Waals surface area contributed by atoms with Crippen molar-refractivity contribution < 1.29 is 23.0 Å². The van der Waals surface area contributed by atoms with Gasteiger partial charge in [-0.1, -0.05) is 58.9 Å². The fourth-order valence-electron chi connectivity index (χ4n) is 14.8. The third-order valence-electron chi connectivity index (χ3n) is 17.9. The fourth-order valence-corrected chi connectivity index (χ4v) is 16.1. The average Bonchev–Trinajstić information content (AvgIpc) is 3.49. The van der Waals surface area contributed by atoms with Crippen molar-refractivity contribution in [2.45, 2.75) is 131 Å². The maximum atomic E-state index is 14.4. The summed E-state index contributed by atoms with van der Waals surface area (Å²) in [5.41, 5.74) is 4.13. The first-order chi connectivity index (χ1) is 24.9. The van der Waals surface area contributed by atoms with Crippen LogP contribution in [0.1, 0.15) is 126 Å². The van der Waals surface area contributed by atoms with E-state index in [4.69, 9.17) is 4.74 Å². The van der Waals surface area contributed by atoms with Gasteiger partial charge >= 0.3 is 5.97 Å². The molecule has 1 unspecified atom stereocenters. The molecule has 1 heterocycles. The van der Waals surface area contributed by atoms with Crippen LogP contribution in [-0.2, 0) is 9.53 Å². The van der Waals surface area contributed by atoms with E-state index >= 15 is 0 Å². The fraction of sp³-hybridized carbons (Fsp3) is 0.844. The van der Waals surface area contributed by atoms with Gasteiger partial charge in [0.2, 0.25) is 0 Å². The van der Waals surface area contributed by atoms with E-state index in [2.05, 4.69) is 70.5 Å². The van der Waals surface area contributed by atoms with Crippen LogP contribution in [0.25, 0.3) is 0 Å². The number of ether oxygens (including phenoxy) is 1. The second-order valence-corrected chi connectivity index (χ2v) is 22.9. The van der Waals surface area contributed by atoms with E-state index in [1.165, 1.54) is 68.1 Å². The lowest BCUT2D eigenvalue weighted by molar-refractivity contribution is -0.221. The molecular weight excluding hydrogens is 684 g/mol. The number of hydrogen-bond donors (Lipinski definition) is 3. The second kappa shape index (κ2) is 14.0. The van der Waals surface area contributed by atoms with Gasteiger partial charge in [-0.05, 0) is 153 Å². The monoisotopic (exact) mass is 757 g/mol. The molecule has 53 heavy (non-hydrogen) atoms. The van der Waals surface area contributed by atoms with Gasteiger partial charge in [0, 0.05) is 31.7 Å². The van der Waals surface area contributed by atoms with Gasteiger partial charge in [0.1, 0.15) is 6.67 Å². The van der Waals surface area contributed by atoms with E-state index < -0.39 is 22.7 Å². The van der Waals surface area contributed by atoms with Gasteiger partial charge in [-0.25, -0.2) is 4.39 Å². The Hall–Kier alpha value is -1.19. The normalized spacial score (nSPS) is 45.4. The summed E-state index contributed by atoms with van der Waals surface area (Å²) in [7, 11) is -2.37. The van der Waals surface area contributed by atoms with Crippen molar-refractivity contribution in [3.8, 4) is 0 Å². The van der Waals surface area contributed by atoms with Crippen LogP contribution in [0, 0.1) is 56.7 Å². The molecule has 7 aliphatic rings. The van der Waals surface area contributed by atoms with Gasteiger partial charge in [0.15, 0.2) is 0 Å². The number of carbonyl (C=O) groups is 1. The standard InChI is InChI=1S/C45H73FN2O4S/c1-9-52-39(49)44(30-46)19-12-32(13-20-44)34-15-17-41(6)36(40(34,4)5)16-18-43(8)37(41)11-10-35-38-33(31(2)3)14-21-45(38,23-22-42(35,43)7)47-24-25-48-26-28-53(50,51)29-27-48/h12,15,33,35-38,47,50-51H,2,9-11,13-14,16-30H2,1,3-8H3/t33-,35+,36-,37+,38+,41-,42+,43+,44?,45-/m0/s1. The number of allylic oxidation sites excluding steroid dienone is 5. The number of nitrogens with one attached hydrogen (secondary N) is 1. The predicted molar refractivity (Wildman–Crippen MR) is 217 cm³/mol. The van der Waals surface area contributed by atoms with Crippen molar-refractivity contribution in [1.82, 2.24) is 10.2 Å². The number of carbonyl (C=O) groups excluding carboxylic acids is 1. The van der Waals surface area contributed by atoms with Crippen LogP contribution in [0.2, 0.25) is 0 Å². The number of halogens is 1. The van der Waals surface area contributed by atoms with Crippen molar-refractivity contribution in [3.05, 3.63) is 35.5 Å². The number of alkyl halides is 1. The molecule has 300 valence electrons. The average molecular weight is 757 g/mol. The smallest absolute Gasteiger partial charge is 0.315 e. The van der Waals surface area contributed by atoms with Gasteiger partial charge < -0.3 is 10.1 Å².